The summed E-state index contributed by atoms with van der Waals surface area (Å²) in [5, 5.41) is 5.41. The van der Waals surface area contributed by atoms with Crippen molar-refractivity contribution in [3.63, 3.8) is 0 Å². The van der Waals surface area contributed by atoms with E-state index in [2.05, 4.69) is 10.6 Å². The second kappa shape index (κ2) is 6.23. The van der Waals surface area contributed by atoms with Crippen molar-refractivity contribution in [2.45, 2.75) is 17.4 Å². The Morgan fingerprint density at radius 1 is 1.41 bits per heavy atom. The summed E-state index contributed by atoms with van der Waals surface area (Å²) in [7, 11) is -0.853. The van der Waals surface area contributed by atoms with Crippen molar-refractivity contribution >= 4 is 33.4 Å². The molecule has 1 heterocycles. The van der Waals surface area contributed by atoms with Crippen molar-refractivity contribution in [3.8, 4) is 0 Å². The normalized spacial score (nSPS) is 18.4. The zero-order valence-corrected chi connectivity index (χ0v) is 13.7. The molecule has 1 aromatic rings. The molecule has 7 nitrogen and oxygen atoms in total. The van der Waals surface area contributed by atoms with Crippen molar-refractivity contribution in [2.24, 2.45) is 0 Å². The zero-order valence-electron chi connectivity index (χ0n) is 12.1. The van der Waals surface area contributed by atoms with Crippen molar-refractivity contribution in [1.82, 2.24) is 14.9 Å². The summed E-state index contributed by atoms with van der Waals surface area (Å²) < 4.78 is 25.3. The number of sulfonamides is 1. The molecular weight excluding hydrogens is 330 g/mol. The number of rotatable bonds is 4. The third-order valence-electron chi connectivity index (χ3n) is 3.27. The third-order valence-corrected chi connectivity index (χ3v) is 5.41. The summed E-state index contributed by atoms with van der Waals surface area (Å²) >= 11 is 5.98. The van der Waals surface area contributed by atoms with Gasteiger partial charge in [-0.15, -0.1) is 0 Å². The predicted molar refractivity (Wildman–Crippen MR) is 81.2 cm³/mol. The lowest BCUT2D eigenvalue weighted by atomic mass is 10.2. The molecule has 1 saturated heterocycles. The SMILES string of the molecule is CN(C)S(=O)(=O)c1ccc(Cl)c(C(=O)N[C@H]2CNC(=O)C2)c1. The van der Waals surface area contributed by atoms with Gasteiger partial charge in [-0.25, -0.2) is 12.7 Å². The average Bonchev–Trinajstić information content (AvgIpc) is 2.84. The molecule has 0 bridgehead atoms. The van der Waals surface area contributed by atoms with Gasteiger partial charge in [-0.05, 0) is 18.2 Å². The summed E-state index contributed by atoms with van der Waals surface area (Å²) in [6, 6.07) is 3.61. The highest BCUT2D eigenvalue weighted by molar-refractivity contribution is 7.89. The first kappa shape index (κ1) is 16.7. The number of carbonyl (C=O) groups is 2. The minimum Gasteiger partial charge on any atom is -0.354 e. The zero-order chi connectivity index (χ0) is 16.5. The second-order valence-corrected chi connectivity index (χ2v) is 7.67. The largest absolute Gasteiger partial charge is 0.354 e. The van der Waals surface area contributed by atoms with Crippen LogP contribution in [0.2, 0.25) is 5.02 Å². The molecule has 0 radical (unpaired) electrons. The quantitative estimate of drug-likeness (QED) is 0.815. The van der Waals surface area contributed by atoms with Crippen molar-refractivity contribution in [2.75, 3.05) is 20.6 Å². The van der Waals surface area contributed by atoms with Gasteiger partial charge in [0.15, 0.2) is 0 Å². The predicted octanol–water partition coefficient (Wildman–Crippen LogP) is 0.209. The van der Waals surface area contributed by atoms with E-state index < -0.39 is 15.9 Å². The Bertz CT molecular complexity index is 718. The van der Waals surface area contributed by atoms with E-state index in [9.17, 15) is 18.0 Å². The van der Waals surface area contributed by atoms with Crippen LogP contribution in [0.25, 0.3) is 0 Å². The van der Waals surface area contributed by atoms with E-state index >= 15 is 0 Å². The number of halogens is 1. The van der Waals surface area contributed by atoms with Crippen LogP contribution in [0.15, 0.2) is 23.1 Å². The van der Waals surface area contributed by atoms with E-state index in [1.807, 2.05) is 0 Å². The molecule has 9 heteroatoms. The van der Waals surface area contributed by atoms with Crippen LogP contribution in [0.1, 0.15) is 16.8 Å². The molecule has 2 amide bonds. The van der Waals surface area contributed by atoms with E-state index in [1.165, 1.54) is 32.3 Å². The molecular formula is C13H16ClN3O4S. The third kappa shape index (κ3) is 3.40. The smallest absolute Gasteiger partial charge is 0.253 e. The van der Waals surface area contributed by atoms with Crippen LogP contribution in [0, 0.1) is 0 Å². The Hall–Kier alpha value is -1.64. The van der Waals surface area contributed by atoms with Crippen LogP contribution in [0.5, 0.6) is 0 Å². The van der Waals surface area contributed by atoms with Gasteiger partial charge in [-0.2, -0.15) is 0 Å². The first-order valence-electron chi connectivity index (χ1n) is 6.51. The van der Waals surface area contributed by atoms with Crippen molar-refractivity contribution in [1.29, 1.82) is 0 Å². The fraction of sp³-hybridized carbons (Fsp3) is 0.385. The Balaban J connectivity index is 2.27. The number of nitrogens with one attached hydrogen (secondary N) is 2. The van der Waals surface area contributed by atoms with Gasteiger partial charge in [0, 0.05) is 27.1 Å². The lowest BCUT2D eigenvalue weighted by molar-refractivity contribution is -0.119. The molecule has 1 aliphatic heterocycles. The fourth-order valence-corrected chi connectivity index (χ4v) is 3.15. The summed E-state index contributed by atoms with van der Waals surface area (Å²) in [5.41, 5.74) is 0.0592. The Morgan fingerprint density at radius 3 is 2.64 bits per heavy atom. The second-order valence-electron chi connectivity index (χ2n) is 5.11. The molecule has 2 N–H and O–H groups in total. The lowest BCUT2D eigenvalue weighted by Gasteiger charge is -2.14. The van der Waals surface area contributed by atoms with Gasteiger partial charge in [0.05, 0.1) is 21.5 Å². The topological polar surface area (TPSA) is 95.6 Å². The highest BCUT2D eigenvalue weighted by atomic mass is 35.5. The van der Waals surface area contributed by atoms with Gasteiger partial charge >= 0.3 is 0 Å². The Kier molecular flexibility index (Phi) is 4.74. The van der Waals surface area contributed by atoms with E-state index in [0.29, 0.717) is 6.54 Å². The standard InChI is InChI=1S/C13H16ClN3O4S/c1-17(2)22(20,21)9-3-4-11(14)10(6-9)13(19)16-8-5-12(18)15-7-8/h3-4,6,8H,5,7H2,1-2H3,(H,15,18)(H,16,19)/t8-/m1/s1. The summed E-state index contributed by atoms with van der Waals surface area (Å²) in [6.45, 7) is 0.345. The molecule has 1 atom stereocenters. The lowest BCUT2D eigenvalue weighted by Crippen LogP contribution is -2.36. The van der Waals surface area contributed by atoms with E-state index in [-0.39, 0.29) is 33.9 Å². The minimum absolute atomic E-state index is 0.0207. The fourth-order valence-electron chi connectivity index (χ4n) is 2.02. The molecule has 0 aromatic heterocycles. The summed E-state index contributed by atoms with van der Waals surface area (Å²) in [5.74, 6) is -0.650. The first-order chi connectivity index (χ1) is 10.2. The maximum atomic E-state index is 12.2. The maximum absolute atomic E-state index is 12.2. The van der Waals surface area contributed by atoms with Crippen molar-refractivity contribution in [3.05, 3.63) is 28.8 Å². The number of hydrogen-bond donors (Lipinski definition) is 2. The maximum Gasteiger partial charge on any atom is 0.253 e. The van der Waals surface area contributed by atoms with Crippen molar-refractivity contribution < 1.29 is 18.0 Å². The highest BCUT2D eigenvalue weighted by Gasteiger charge is 2.25. The summed E-state index contributed by atoms with van der Waals surface area (Å²) in [6.07, 6.45) is 0.193. The molecule has 0 spiro atoms. The molecule has 0 unspecified atom stereocenters. The summed E-state index contributed by atoms with van der Waals surface area (Å²) in [4.78, 5) is 23.3. The van der Waals surface area contributed by atoms with Gasteiger partial charge in [0.1, 0.15) is 0 Å². The number of benzene rings is 1. The van der Waals surface area contributed by atoms with Crippen LogP contribution in [-0.4, -0.2) is 51.2 Å². The Morgan fingerprint density at radius 2 is 2.09 bits per heavy atom. The molecule has 120 valence electrons. The number of carbonyl (C=O) groups excluding carboxylic acids is 2. The van der Waals surface area contributed by atoms with Crippen LogP contribution in [-0.2, 0) is 14.8 Å². The molecule has 1 fully saturated rings. The molecule has 0 saturated carbocycles. The van der Waals surface area contributed by atoms with Gasteiger partial charge in [-0.1, -0.05) is 11.6 Å². The van der Waals surface area contributed by atoms with Gasteiger partial charge < -0.3 is 10.6 Å². The number of hydrogen-bond acceptors (Lipinski definition) is 4. The minimum atomic E-state index is -3.66. The van der Waals surface area contributed by atoms with E-state index in [0.717, 1.165) is 4.31 Å². The van der Waals surface area contributed by atoms with E-state index in [1.54, 1.807) is 0 Å². The molecule has 1 aliphatic rings. The van der Waals surface area contributed by atoms with Crippen LogP contribution < -0.4 is 10.6 Å². The number of amides is 2. The molecule has 22 heavy (non-hydrogen) atoms. The average molecular weight is 346 g/mol. The van der Waals surface area contributed by atoms with Gasteiger partial charge in [-0.3, -0.25) is 9.59 Å². The van der Waals surface area contributed by atoms with Crippen LogP contribution in [0.3, 0.4) is 0 Å². The number of nitrogens with zero attached hydrogens (tertiary/aromatic N) is 1. The van der Waals surface area contributed by atoms with Gasteiger partial charge in [0.2, 0.25) is 15.9 Å². The highest BCUT2D eigenvalue weighted by Crippen LogP contribution is 2.22. The van der Waals surface area contributed by atoms with E-state index in [4.69, 9.17) is 11.6 Å². The molecule has 0 aliphatic carbocycles. The van der Waals surface area contributed by atoms with Crippen LogP contribution >= 0.6 is 11.6 Å². The molecule has 2 rings (SSSR count). The monoisotopic (exact) mass is 345 g/mol. The van der Waals surface area contributed by atoms with Gasteiger partial charge in [0.25, 0.3) is 5.91 Å². The first-order valence-corrected chi connectivity index (χ1v) is 8.33. The van der Waals surface area contributed by atoms with Crippen LogP contribution in [0.4, 0.5) is 0 Å². The Labute approximate surface area is 133 Å². The molecule has 1 aromatic carbocycles.